The number of hydrazone groups is 1. The van der Waals surface area contributed by atoms with Gasteiger partial charge in [-0.15, -0.1) is 0 Å². The molecule has 5 nitrogen and oxygen atoms in total. The lowest BCUT2D eigenvalue weighted by atomic mass is 10.2. The minimum absolute atomic E-state index is 0.0277. The monoisotopic (exact) mass is 390 g/mol. The van der Waals surface area contributed by atoms with Crippen LogP contribution in [0.25, 0.3) is 0 Å². The smallest absolute Gasteiger partial charge is 0.271 e. The normalized spacial score (nSPS) is 10.9. The van der Waals surface area contributed by atoms with Crippen LogP contribution in [0, 0.1) is 0 Å². The van der Waals surface area contributed by atoms with E-state index < -0.39 is 0 Å². The molecule has 0 heterocycles. The lowest BCUT2D eigenvalue weighted by Gasteiger charge is -2.15. The fourth-order valence-corrected chi connectivity index (χ4v) is 2.54. The third kappa shape index (κ3) is 4.83. The van der Waals surface area contributed by atoms with Gasteiger partial charge in [-0.2, -0.15) is 5.10 Å². The Morgan fingerprint density at radius 3 is 2.58 bits per heavy atom. The Balaban J connectivity index is 2.12. The number of methoxy groups -OCH3 is 1. The van der Waals surface area contributed by atoms with Gasteiger partial charge in [0.2, 0.25) is 0 Å². The van der Waals surface area contributed by atoms with E-state index in [1.54, 1.807) is 43.7 Å². The summed E-state index contributed by atoms with van der Waals surface area (Å²) in [5, 5.41) is 3.98. The van der Waals surface area contributed by atoms with Gasteiger partial charge in [0.25, 0.3) is 5.91 Å². The molecule has 0 aliphatic heterocycles. The van der Waals surface area contributed by atoms with Gasteiger partial charge in [-0.25, -0.2) is 5.43 Å². The molecule has 24 heavy (non-hydrogen) atoms. The molecule has 0 atom stereocenters. The summed E-state index contributed by atoms with van der Waals surface area (Å²) in [6, 6.07) is 12.5. The molecule has 0 fully saturated rings. The standard InChI is InChI=1S/C18H19BrN2O3/c1-12(2)24-17-15(19)9-13(10-16(17)23-3)11-20-21-18(22)14-7-5-4-6-8-14/h4-12H,1-3H3,(H,21,22)/b20-11+. The van der Waals surface area contributed by atoms with Gasteiger partial charge >= 0.3 is 0 Å². The zero-order valence-electron chi connectivity index (χ0n) is 13.7. The van der Waals surface area contributed by atoms with E-state index in [2.05, 4.69) is 26.5 Å². The van der Waals surface area contributed by atoms with Crippen LogP contribution in [0.1, 0.15) is 29.8 Å². The van der Waals surface area contributed by atoms with Gasteiger partial charge in [0.15, 0.2) is 11.5 Å². The molecule has 0 saturated heterocycles. The highest BCUT2D eigenvalue weighted by Gasteiger charge is 2.12. The van der Waals surface area contributed by atoms with Crippen LogP contribution in [0.3, 0.4) is 0 Å². The lowest BCUT2D eigenvalue weighted by Crippen LogP contribution is -2.17. The lowest BCUT2D eigenvalue weighted by molar-refractivity contribution is 0.0955. The van der Waals surface area contributed by atoms with Crippen molar-refractivity contribution in [3.8, 4) is 11.5 Å². The number of ether oxygens (including phenoxy) is 2. The molecule has 0 saturated carbocycles. The SMILES string of the molecule is COc1cc(/C=N/NC(=O)c2ccccc2)cc(Br)c1OC(C)C. The third-order valence-corrected chi connectivity index (χ3v) is 3.61. The Bertz CT molecular complexity index is 731. The Kier molecular flexibility index (Phi) is 6.37. The summed E-state index contributed by atoms with van der Waals surface area (Å²) in [4.78, 5) is 11.9. The van der Waals surface area contributed by atoms with Crippen molar-refractivity contribution in [1.29, 1.82) is 0 Å². The van der Waals surface area contributed by atoms with Gasteiger partial charge in [-0.3, -0.25) is 4.79 Å². The molecule has 2 aromatic rings. The minimum atomic E-state index is -0.266. The molecule has 2 aromatic carbocycles. The van der Waals surface area contributed by atoms with Crippen LogP contribution >= 0.6 is 15.9 Å². The van der Waals surface area contributed by atoms with Crippen molar-refractivity contribution in [1.82, 2.24) is 5.43 Å². The second kappa shape index (κ2) is 8.49. The highest BCUT2D eigenvalue weighted by atomic mass is 79.9. The molecule has 0 bridgehead atoms. The molecular weight excluding hydrogens is 372 g/mol. The highest BCUT2D eigenvalue weighted by Crippen LogP contribution is 2.36. The van der Waals surface area contributed by atoms with Crippen LogP contribution in [0.15, 0.2) is 52.0 Å². The maximum atomic E-state index is 11.9. The number of rotatable bonds is 6. The Morgan fingerprint density at radius 2 is 1.96 bits per heavy atom. The van der Waals surface area contributed by atoms with Gasteiger partial charge in [0.05, 0.1) is 23.9 Å². The van der Waals surface area contributed by atoms with E-state index in [4.69, 9.17) is 9.47 Å². The first-order valence-electron chi connectivity index (χ1n) is 7.44. The summed E-state index contributed by atoms with van der Waals surface area (Å²) < 4.78 is 11.9. The van der Waals surface area contributed by atoms with Crippen molar-refractivity contribution in [2.75, 3.05) is 7.11 Å². The largest absolute Gasteiger partial charge is 0.493 e. The number of benzene rings is 2. The Hall–Kier alpha value is -2.34. The molecule has 2 rings (SSSR count). The van der Waals surface area contributed by atoms with Gasteiger partial charge in [-0.1, -0.05) is 18.2 Å². The molecule has 0 radical (unpaired) electrons. The van der Waals surface area contributed by atoms with E-state index in [9.17, 15) is 4.79 Å². The number of hydrogen-bond donors (Lipinski definition) is 1. The summed E-state index contributed by atoms with van der Waals surface area (Å²) in [5.41, 5.74) is 3.81. The van der Waals surface area contributed by atoms with Gasteiger partial charge in [0, 0.05) is 5.56 Å². The zero-order chi connectivity index (χ0) is 17.5. The van der Waals surface area contributed by atoms with Crippen LogP contribution in [0.4, 0.5) is 0 Å². The maximum absolute atomic E-state index is 11.9. The van der Waals surface area contributed by atoms with Crippen molar-refractivity contribution in [2.45, 2.75) is 20.0 Å². The first-order valence-corrected chi connectivity index (χ1v) is 8.23. The van der Waals surface area contributed by atoms with Crippen LogP contribution in [-0.2, 0) is 0 Å². The van der Waals surface area contributed by atoms with Crippen molar-refractivity contribution in [2.24, 2.45) is 5.10 Å². The summed E-state index contributed by atoms with van der Waals surface area (Å²) in [7, 11) is 1.58. The molecule has 6 heteroatoms. The highest BCUT2D eigenvalue weighted by molar-refractivity contribution is 9.10. The molecule has 0 spiro atoms. The second-order valence-electron chi connectivity index (χ2n) is 5.27. The van der Waals surface area contributed by atoms with Gasteiger partial charge in [-0.05, 0) is 59.6 Å². The van der Waals surface area contributed by atoms with Crippen LogP contribution < -0.4 is 14.9 Å². The number of halogens is 1. The fourth-order valence-electron chi connectivity index (χ4n) is 1.98. The quantitative estimate of drug-likeness (QED) is 0.598. The van der Waals surface area contributed by atoms with E-state index in [-0.39, 0.29) is 12.0 Å². The molecule has 0 unspecified atom stereocenters. The first-order chi connectivity index (χ1) is 11.5. The van der Waals surface area contributed by atoms with E-state index in [1.807, 2.05) is 26.0 Å². The van der Waals surface area contributed by atoms with Crippen LogP contribution in [-0.4, -0.2) is 25.3 Å². The third-order valence-electron chi connectivity index (χ3n) is 3.02. The summed E-state index contributed by atoms with van der Waals surface area (Å²) in [6.45, 7) is 3.89. The average Bonchev–Trinajstić information content (AvgIpc) is 2.57. The number of nitrogens with zero attached hydrogens (tertiary/aromatic N) is 1. The van der Waals surface area contributed by atoms with Crippen molar-refractivity contribution < 1.29 is 14.3 Å². The maximum Gasteiger partial charge on any atom is 0.271 e. The molecule has 0 aliphatic carbocycles. The predicted molar refractivity (Wildman–Crippen MR) is 98.0 cm³/mol. The van der Waals surface area contributed by atoms with E-state index in [0.29, 0.717) is 17.1 Å². The van der Waals surface area contributed by atoms with Crippen molar-refractivity contribution >= 4 is 28.1 Å². The van der Waals surface area contributed by atoms with E-state index in [0.717, 1.165) is 10.0 Å². The predicted octanol–water partition coefficient (Wildman–Crippen LogP) is 4.01. The zero-order valence-corrected chi connectivity index (χ0v) is 15.3. The topological polar surface area (TPSA) is 59.9 Å². The van der Waals surface area contributed by atoms with Gasteiger partial charge in [0.1, 0.15) is 0 Å². The minimum Gasteiger partial charge on any atom is -0.493 e. The summed E-state index contributed by atoms with van der Waals surface area (Å²) in [6.07, 6.45) is 1.58. The number of nitrogens with one attached hydrogen (secondary N) is 1. The molecule has 0 aliphatic rings. The number of amides is 1. The van der Waals surface area contributed by atoms with Crippen LogP contribution in [0.5, 0.6) is 11.5 Å². The first kappa shape index (κ1) is 18.0. The molecule has 1 amide bonds. The van der Waals surface area contributed by atoms with Crippen molar-refractivity contribution in [3.05, 3.63) is 58.1 Å². The fraction of sp³-hybridized carbons (Fsp3) is 0.222. The Morgan fingerprint density at radius 1 is 1.25 bits per heavy atom. The number of hydrogen-bond acceptors (Lipinski definition) is 4. The molecular formula is C18H19BrN2O3. The second-order valence-corrected chi connectivity index (χ2v) is 6.12. The number of carbonyl (C=O) groups excluding carboxylic acids is 1. The van der Waals surface area contributed by atoms with E-state index in [1.165, 1.54) is 0 Å². The van der Waals surface area contributed by atoms with Gasteiger partial charge < -0.3 is 9.47 Å². The molecule has 1 N–H and O–H groups in total. The summed E-state index contributed by atoms with van der Waals surface area (Å²) in [5.74, 6) is 0.963. The molecule has 126 valence electrons. The molecule has 0 aromatic heterocycles. The Labute approximate surface area is 149 Å². The number of carbonyl (C=O) groups is 1. The average molecular weight is 391 g/mol. The van der Waals surface area contributed by atoms with Crippen molar-refractivity contribution in [3.63, 3.8) is 0 Å². The summed E-state index contributed by atoms with van der Waals surface area (Å²) >= 11 is 3.47. The van der Waals surface area contributed by atoms with E-state index >= 15 is 0 Å². The van der Waals surface area contributed by atoms with Crippen LogP contribution in [0.2, 0.25) is 0 Å².